The molecule has 1 fully saturated rings. The molecule has 0 saturated carbocycles. The number of carbonyl (C=O) groups excluding carboxylic acids is 1. The summed E-state index contributed by atoms with van der Waals surface area (Å²) in [5.41, 5.74) is 0.0779. The van der Waals surface area contributed by atoms with E-state index in [0.717, 1.165) is 0 Å². The van der Waals surface area contributed by atoms with E-state index < -0.39 is 30.0 Å². The Morgan fingerprint density at radius 2 is 1.84 bits per heavy atom. The maximum absolute atomic E-state index is 11.1. The summed E-state index contributed by atoms with van der Waals surface area (Å²) in [5.74, 6) is -0.282. The Morgan fingerprint density at radius 3 is 2.26 bits per heavy atom. The molecule has 1 saturated heterocycles. The fourth-order valence-corrected chi connectivity index (χ4v) is 2.31. The first-order valence-electron chi connectivity index (χ1n) is 4.75. The molecule has 7 nitrogen and oxygen atoms in total. The number of phosphoric acid groups is 1. The minimum Gasteiger partial charge on any atom is -0.780 e. The maximum Gasteiger partial charge on any atom is 0.509 e. The van der Waals surface area contributed by atoms with Crippen molar-refractivity contribution >= 4 is 48.8 Å². The van der Waals surface area contributed by atoms with Crippen LogP contribution in [0.5, 0.6) is 0 Å². The number of phosphoric ester groups is 1. The van der Waals surface area contributed by atoms with Gasteiger partial charge in [0.2, 0.25) is 3.79 Å². The van der Waals surface area contributed by atoms with Gasteiger partial charge in [-0.2, -0.15) is 0 Å². The van der Waals surface area contributed by atoms with Gasteiger partial charge in [-0.15, -0.1) is 0 Å². The summed E-state index contributed by atoms with van der Waals surface area (Å²) < 4.78 is 22.1. The number of halogens is 3. The van der Waals surface area contributed by atoms with Crippen LogP contribution in [-0.2, 0) is 18.6 Å². The van der Waals surface area contributed by atoms with E-state index in [0.29, 0.717) is 0 Å². The van der Waals surface area contributed by atoms with E-state index in [-0.39, 0.29) is 11.3 Å². The molecule has 1 heterocycles. The third-order valence-corrected chi connectivity index (χ3v) is 3.42. The zero-order valence-corrected chi connectivity index (χ0v) is 12.8. The van der Waals surface area contributed by atoms with E-state index in [1.54, 1.807) is 0 Å². The summed E-state index contributed by atoms with van der Waals surface area (Å²) >= 11 is 16.8. The van der Waals surface area contributed by atoms with Crippen LogP contribution in [0, 0.1) is 0 Å². The molecular weight excluding hydrogens is 345 g/mol. The van der Waals surface area contributed by atoms with Crippen molar-refractivity contribution in [3.05, 3.63) is 11.3 Å². The van der Waals surface area contributed by atoms with Gasteiger partial charge in [-0.05, 0) is 13.8 Å². The van der Waals surface area contributed by atoms with Gasteiger partial charge in [-0.25, -0.2) is 4.79 Å². The predicted octanol–water partition coefficient (Wildman–Crippen LogP) is 1.40. The summed E-state index contributed by atoms with van der Waals surface area (Å²) in [6, 6.07) is 0. The van der Waals surface area contributed by atoms with Crippen molar-refractivity contribution in [2.45, 2.75) is 29.8 Å². The van der Waals surface area contributed by atoms with Gasteiger partial charge < -0.3 is 28.3 Å². The molecule has 1 aliphatic heterocycles. The van der Waals surface area contributed by atoms with Gasteiger partial charge in [0.25, 0.3) is 0 Å². The first-order valence-corrected chi connectivity index (χ1v) is 7.34. The summed E-state index contributed by atoms with van der Waals surface area (Å²) in [4.78, 5) is 32.1. The third-order valence-electron chi connectivity index (χ3n) is 2.27. The number of allylic oxidation sites excluding steroid dienone is 1. The first kappa shape index (κ1) is 16.9. The van der Waals surface area contributed by atoms with E-state index in [9.17, 15) is 19.1 Å². The summed E-state index contributed by atoms with van der Waals surface area (Å²) in [6.45, 7) is 2.54. The summed E-state index contributed by atoms with van der Waals surface area (Å²) in [6.07, 6.45) is -3.55. The highest BCUT2D eigenvalue weighted by molar-refractivity contribution is 7.43. The number of ether oxygens (including phenoxy) is 2. The molecule has 0 spiro atoms. The fourth-order valence-electron chi connectivity index (χ4n) is 1.35. The van der Waals surface area contributed by atoms with Crippen molar-refractivity contribution in [2.24, 2.45) is 0 Å². The maximum atomic E-state index is 11.1. The lowest BCUT2D eigenvalue weighted by molar-refractivity contribution is -0.338. The monoisotopic (exact) mass is 352 g/mol. The molecular formula is C8H8Cl3O7P-2. The van der Waals surface area contributed by atoms with E-state index in [4.69, 9.17) is 39.5 Å². The van der Waals surface area contributed by atoms with E-state index in [1.165, 1.54) is 13.8 Å². The van der Waals surface area contributed by atoms with Crippen LogP contribution in [0.15, 0.2) is 11.3 Å². The third kappa shape index (κ3) is 4.70. The lowest BCUT2D eigenvalue weighted by atomic mass is 10.1. The molecule has 2 unspecified atom stereocenters. The molecule has 0 amide bonds. The van der Waals surface area contributed by atoms with E-state index in [2.05, 4.69) is 9.26 Å². The number of cyclic esters (lactones) is 2. The van der Waals surface area contributed by atoms with Crippen LogP contribution in [0.3, 0.4) is 0 Å². The Morgan fingerprint density at radius 1 is 1.32 bits per heavy atom. The van der Waals surface area contributed by atoms with Crippen molar-refractivity contribution in [3.63, 3.8) is 0 Å². The molecule has 1 rings (SSSR count). The van der Waals surface area contributed by atoms with Crippen molar-refractivity contribution in [2.75, 3.05) is 0 Å². The molecule has 0 radical (unpaired) electrons. The normalized spacial score (nSPS) is 25.5. The largest absolute Gasteiger partial charge is 0.780 e. The van der Waals surface area contributed by atoms with Crippen LogP contribution < -0.4 is 9.79 Å². The lowest BCUT2D eigenvalue weighted by Gasteiger charge is -2.31. The number of alkyl halides is 3. The van der Waals surface area contributed by atoms with Crippen molar-refractivity contribution in [1.82, 2.24) is 0 Å². The highest BCUT2D eigenvalue weighted by atomic mass is 35.6. The zero-order valence-electron chi connectivity index (χ0n) is 9.59. The van der Waals surface area contributed by atoms with Crippen LogP contribution in [0.4, 0.5) is 4.79 Å². The molecule has 0 aliphatic carbocycles. The minimum atomic E-state index is -5.23. The first-order chi connectivity index (χ1) is 8.42. The molecule has 11 heteroatoms. The highest BCUT2D eigenvalue weighted by Gasteiger charge is 2.50. The average Bonchev–Trinajstić information content (AvgIpc) is 2.55. The number of rotatable bonds is 3. The molecule has 0 N–H and O–H groups in total. The van der Waals surface area contributed by atoms with Crippen molar-refractivity contribution < 1.29 is 33.1 Å². The quantitative estimate of drug-likeness (QED) is 0.326. The molecule has 0 aromatic rings. The number of hydrogen-bond donors (Lipinski definition) is 0. The van der Waals surface area contributed by atoms with Gasteiger partial charge in [0.05, 0.1) is 0 Å². The molecule has 0 aromatic carbocycles. The molecule has 0 bridgehead atoms. The van der Waals surface area contributed by atoms with Crippen molar-refractivity contribution in [3.8, 4) is 0 Å². The Balaban J connectivity index is 3.03. The van der Waals surface area contributed by atoms with Gasteiger partial charge in [0.1, 0.15) is 13.6 Å². The van der Waals surface area contributed by atoms with E-state index in [1.807, 2.05) is 0 Å². The Labute approximate surface area is 123 Å². The van der Waals surface area contributed by atoms with Gasteiger partial charge >= 0.3 is 6.16 Å². The van der Waals surface area contributed by atoms with Gasteiger partial charge in [-0.3, -0.25) is 0 Å². The smallest absolute Gasteiger partial charge is 0.509 e. The Bertz CT molecular complexity index is 452. The van der Waals surface area contributed by atoms with Crippen LogP contribution in [0.1, 0.15) is 13.8 Å². The molecule has 19 heavy (non-hydrogen) atoms. The second kappa shape index (κ2) is 5.68. The highest BCUT2D eigenvalue weighted by Crippen LogP contribution is 2.41. The van der Waals surface area contributed by atoms with Gasteiger partial charge in [-0.1, -0.05) is 34.8 Å². The van der Waals surface area contributed by atoms with Crippen molar-refractivity contribution in [1.29, 1.82) is 0 Å². The van der Waals surface area contributed by atoms with E-state index >= 15 is 0 Å². The van der Waals surface area contributed by atoms with Crippen LogP contribution in [0.2, 0.25) is 0 Å². The molecule has 1 aliphatic rings. The Kier molecular flexibility index (Phi) is 5.04. The number of hydrogen-bond acceptors (Lipinski definition) is 7. The Hall–Kier alpha value is -0.170. The molecule has 110 valence electrons. The minimum absolute atomic E-state index is 0.0779. The average molecular weight is 353 g/mol. The topological polar surface area (TPSA) is 108 Å². The molecule has 0 aromatic heterocycles. The fraction of sp³-hybridized carbons (Fsp3) is 0.625. The second-order valence-corrected chi connectivity index (χ2v) is 7.09. The van der Waals surface area contributed by atoms with Crippen LogP contribution >= 0.6 is 42.6 Å². The van der Waals surface area contributed by atoms with Gasteiger partial charge in [0, 0.05) is 5.57 Å². The zero-order chi connectivity index (χ0) is 15.0. The van der Waals surface area contributed by atoms with Crippen LogP contribution in [0.25, 0.3) is 0 Å². The second-order valence-electron chi connectivity index (χ2n) is 3.65. The standard InChI is InChI=1S/C8H10Cl3O7P/c1-3(4(2)18-19(13,14)15)5-6(8(9,10)11)17-7(12)16-5/h5-6H,1-2H3,(H2,13,14,15)/p-2. The predicted molar refractivity (Wildman–Crippen MR) is 62.5 cm³/mol. The molecule has 2 atom stereocenters. The van der Waals surface area contributed by atoms with Gasteiger partial charge in [0.15, 0.2) is 12.2 Å². The lowest BCUT2D eigenvalue weighted by Crippen LogP contribution is -2.36. The summed E-state index contributed by atoms with van der Waals surface area (Å²) in [7, 11) is -5.23. The SMILES string of the molecule is CC(OP(=O)([O-])[O-])=C(C)C1OC(=O)OC1C(Cl)(Cl)Cl. The van der Waals surface area contributed by atoms with Crippen LogP contribution in [-0.4, -0.2) is 22.2 Å². The number of carbonyl (C=O) groups is 1. The summed E-state index contributed by atoms with van der Waals surface area (Å²) in [5, 5.41) is 0.